The fraction of sp³-hybridized carbons (Fsp3) is 0.588. The molecule has 0 aliphatic heterocycles. The summed E-state index contributed by atoms with van der Waals surface area (Å²) in [6, 6.07) is 7.03. The summed E-state index contributed by atoms with van der Waals surface area (Å²) in [5.74, 6) is 1.76. The summed E-state index contributed by atoms with van der Waals surface area (Å²) in [6.07, 6.45) is 5.91. The predicted molar refractivity (Wildman–Crippen MR) is 87.7 cm³/mol. The number of nitrogens with zero attached hydrogens (tertiary/aromatic N) is 2. The fourth-order valence-electron chi connectivity index (χ4n) is 2.83. The average Bonchev–Trinajstić information content (AvgIpc) is 2.76. The van der Waals surface area contributed by atoms with Gasteiger partial charge in [-0.15, -0.1) is 11.6 Å². The molecule has 3 heteroatoms. The van der Waals surface area contributed by atoms with Gasteiger partial charge in [-0.25, -0.2) is 4.98 Å². The minimum Gasteiger partial charge on any atom is -0.325 e. The van der Waals surface area contributed by atoms with Crippen LogP contribution in [0.1, 0.15) is 57.0 Å². The molecule has 0 saturated carbocycles. The number of aryl methyl sites for hydroxylation is 2. The smallest absolute Gasteiger partial charge is 0.111 e. The molecule has 0 saturated heterocycles. The summed E-state index contributed by atoms with van der Waals surface area (Å²) in [4.78, 5) is 4.79. The Hall–Kier alpha value is -1.02. The van der Waals surface area contributed by atoms with Crippen molar-refractivity contribution in [3.05, 3.63) is 29.6 Å². The van der Waals surface area contributed by atoms with Gasteiger partial charge in [-0.05, 0) is 38.0 Å². The van der Waals surface area contributed by atoms with Gasteiger partial charge < -0.3 is 4.57 Å². The molecule has 1 unspecified atom stereocenters. The molecule has 0 fully saturated rings. The van der Waals surface area contributed by atoms with Gasteiger partial charge in [0.05, 0.1) is 11.0 Å². The zero-order chi connectivity index (χ0) is 14.5. The zero-order valence-electron chi connectivity index (χ0n) is 12.8. The predicted octanol–water partition coefficient (Wildman–Crippen LogP) is 5.27. The molecule has 1 heterocycles. The number of hydrogen-bond donors (Lipinski definition) is 0. The summed E-state index contributed by atoms with van der Waals surface area (Å²) in [7, 11) is 0. The van der Waals surface area contributed by atoms with Gasteiger partial charge in [0.25, 0.3) is 0 Å². The van der Waals surface area contributed by atoms with Gasteiger partial charge in [0.2, 0.25) is 0 Å². The first-order chi connectivity index (χ1) is 9.67. The minimum atomic E-state index is 0.493. The van der Waals surface area contributed by atoms with E-state index in [0.717, 1.165) is 17.8 Å². The zero-order valence-corrected chi connectivity index (χ0v) is 13.6. The molecule has 2 rings (SSSR count). The van der Waals surface area contributed by atoms with Crippen LogP contribution in [0.2, 0.25) is 0 Å². The first-order valence-electron chi connectivity index (χ1n) is 7.70. The topological polar surface area (TPSA) is 17.8 Å². The molecule has 0 N–H and O–H groups in total. The van der Waals surface area contributed by atoms with Crippen LogP contribution in [0, 0.1) is 6.92 Å². The van der Waals surface area contributed by atoms with Crippen molar-refractivity contribution in [3.8, 4) is 0 Å². The van der Waals surface area contributed by atoms with Gasteiger partial charge in [-0.2, -0.15) is 0 Å². The molecular weight excluding hydrogens is 268 g/mol. The normalized spacial score (nSPS) is 13.0. The molecule has 110 valence electrons. The SMILES string of the molecule is CCCCCC(C)n1c(CCCl)nc2cc(C)ccc21. The number of fused-ring (bicyclic) bond motifs is 1. The molecule has 2 aromatic rings. The first-order valence-corrected chi connectivity index (χ1v) is 8.24. The lowest BCUT2D eigenvalue weighted by Gasteiger charge is -2.17. The molecule has 20 heavy (non-hydrogen) atoms. The largest absolute Gasteiger partial charge is 0.325 e. The second-order valence-corrected chi connectivity index (χ2v) is 6.05. The van der Waals surface area contributed by atoms with Crippen LogP contribution in [-0.4, -0.2) is 15.4 Å². The monoisotopic (exact) mass is 292 g/mol. The third kappa shape index (κ3) is 3.35. The number of unbranched alkanes of at least 4 members (excludes halogenated alkanes) is 2. The van der Waals surface area contributed by atoms with Crippen LogP contribution in [0.3, 0.4) is 0 Å². The quantitative estimate of drug-likeness (QED) is 0.502. The summed E-state index contributed by atoms with van der Waals surface area (Å²) < 4.78 is 2.40. The molecule has 1 aromatic heterocycles. The number of benzene rings is 1. The summed E-state index contributed by atoms with van der Waals surface area (Å²) in [6.45, 7) is 6.66. The van der Waals surface area contributed by atoms with Crippen LogP contribution in [0.5, 0.6) is 0 Å². The van der Waals surface area contributed by atoms with E-state index in [9.17, 15) is 0 Å². The molecule has 0 aliphatic carbocycles. The van der Waals surface area contributed by atoms with E-state index in [0.29, 0.717) is 11.9 Å². The summed E-state index contributed by atoms with van der Waals surface area (Å²) in [5.41, 5.74) is 3.62. The van der Waals surface area contributed by atoms with Crippen LogP contribution < -0.4 is 0 Å². The van der Waals surface area contributed by atoms with Crippen molar-refractivity contribution in [1.29, 1.82) is 0 Å². The van der Waals surface area contributed by atoms with E-state index in [2.05, 4.69) is 43.5 Å². The second kappa shape index (κ2) is 7.12. The molecule has 1 aromatic carbocycles. The van der Waals surface area contributed by atoms with E-state index < -0.39 is 0 Å². The molecule has 2 nitrogen and oxygen atoms in total. The Morgan fingerprint density at radius 2 is 2.10 bits per heavy atom. The van der Waals surface area contributed by atoms with E-state index in [1.807, 2.05) is 0 Å². The fourth-order valence-corrected chi connectivity index (χ4v) is 3.00. The third-order valence-corrected chi connectivity index (χ3v) is 4.09. The number of hydrogen-bond acceptors (Lipinski definition) is 1. The van der Waals surface area contributed by atoms with Gasteiger partial charge in [0.15, 0.2) is 0 Å². The first kappa shape index (κ1) is 15.4. The number of imidazole rings is 1. The number of aromatic nitrogens is 2. The highest BCUT2D eigenvalue weighted by Gasteiger charge is 2.15. The highest BCUT2D eigenvalue weighted by Crippen LogP contribution is 2.26. The molecule has 0 spiro atoms. The van der Waals surface area contributed by atoms with Crippen molar-refractivity contribution in [2.45, 2.75) is 58.9 Å². The molecular formula is C17H25ClN2. The number of rotatable bonds is 7. The van der Waals surface area contributed by atoms with Crippen LogP contribution >= 0.6 is 11.6 Å². The Balaban J connectivity index is 2.34. The van der Waals surface area contributed by atoms with E-state index >= 15 is 0 Å². The van der Waals surface area contributed by atoms with Gasteiger partial charge in [-0.3, -0.25) is 0 Å². The second-order valence-electron chi connectivity index (χ2n) is 5.67. The highest BCUT2D eigenvalue weighted by atomic mass is 35.5. The Bertz CT molecular complexity index is 559. The molecule has 0 radical (unpaired) electrons. The lowest BCUT2D eigenvalue weighted by Crippen LogP contribution is -2.10. The van der Waals surface area contributed by atoms with Crippen LogP contribution in [0.4, 0.5) is 0 Å². The Kier molecular flexibility index (Phi) is 5.47. The molecule has 0 bridgehead atoms. The van der Waals surface area contributed by atoms with Gasteiger partial charge >= 0.3 is 0 Å². The van der Waals surface area contributed by atoms with Gasteiger partial charge in [-0.1, -0.05) is 32.3 Å². The highest BCUT2D eigenvalue weighted by molar-refractivity contribution is 6.17. The van der Waals surface area contributed by atoms with Crippen molar-refractivity contribution in [3.63, 3.8) is 0 Å². The Labute approximate surface area is 127 Å². The maximum Gasteiger partial charge on any atom is 0.111 e. The Morgan fingerprint density at radius 3 is 2.80 bits per heavy atom. The Morgan fingerprint density at radius 1 is 1.30 bits per heavy atom. The van der Waals surface area contributed by atoms with Gasteiger partial charge in [0.1, 0.15) is 5.82 Å². The van der Waals surface area contributed by atoms with E-state index in [-0.39, 0.29) is 0 Å². The van der Waals surface area contributed by atoms with Crippen molar-refractivity contribution in [2.75, 3.05) is 5.88 Å². The van der Waals surface area contributed by atoms with Crippen molar-refractivity contribution >= 4 is 22.6 Å². The van der Waals surface area contributed by atoms with E-state index in [4.69, 9.17) is 16.6 Å². The van der Waals surface area contributed by atoms with Gasteiger partial charge in [0, 0.05) is 18.3 Å². The number of alkyl halides is 1. The van der Waals surface area contributed by atoms with Crippen LogP contribution in [-0.2, 0) is 6.42 Å². The van der Waals surface area contributed by atoms with Crippen molar-refractivity contribution in [2.24, 2.45) is 0 Å². The number of halogens is 1. The van der Waals surface area contributed by atoms with Crippen molar-refractivity contribution < 1.29 is 0 Å². The standard InChI is InChI=1S/C17H25ClN2/c1-4-5-6-7-14(3)20-16-9-8-13(2)12-15(16)19-17(20)10-11-18/h8-9,12,14H,4-7,10-11H2,1-3H3. The maximum absolute atomic E-state index is 5.95. The minimum absolute atomic E-state index is 0.493. The third-order valence-electron chi connectivity index (χ3n) is 3.90. The lowest BCUT2D eigenvalue weighted by atomic mass is 10.1. The van der Waals surface area contributed by atoms with Crippen molar-refractivity contribution in [1.82, 2.24) is 9.55 Å². The average molecular weight is 293 g/mol. The maximum atomic E-state index is 5.95. The molecule has 1 atom stereocenters. The van der Waals surface area contributed by atoms with E-state index in [1.54, 1.807) is 0 Å². The van der Waals surface area contributed by atoms with Crippen LogP contribution in [0.25, 0.3) is 11.0 Å². The lowest BCUT2D eigenvalue weighted by molar-refractivity contribution is 0.474. The summed E-state index contributed by atoms with van der Waals surface area (Å²) >= 11 is 5.95. The summed E-state index contributed by atoms with van der Waals surface area (Å²) in [5, 5.41) is 0. The van der Waals surface area contributed by atoms with E-state index in [1.165, 1.54) is 36.8 Å². The van der Waals surface area contributed by atoms with Crippen LogP contribution in [0.15, 0.2) is 18.2 Å². The molecule has 0 aliphatic rings. The molecule has 0 amide bonds.